The number of carbonyl (C=O) groups excluding carboxylic acids is 1. The highest BCUT2D eigenvalue weighted by atomic mass is 16.4. The maximum atomic E-state index is 12.3. The molecule has 7 nitrogen and oxygen atoms in total. The smallest absolute Gasteiger partial charge is 0.323 e. The number of amides is 1. The highest BCUT2D eigenvalue weighted by Gasteiger charge is 2.45. The van der Waals surface area contributed by atoms with Crippen LogP contribution in [0.1, 0.15) is 44.9 Å². The molecule has 1 amide bonds. The largest absolute Gasteiger partial charge is 0.480 e. The number of piperidine rings is 3. The van der Waals surface area contributed by atoms with Crippen LogP contribution in [0.15, 0.2) is 0 Å². The van der Waals surface area contributed by atoms with Crippen LogP contribution in [0.2, 0.25) is 0 Å². The minimum atomic E-state index is -1.07. The van der Waals surface area contributed by atoms with E-state index < -0.39 is 18.7 Å². The Morgan fingerprint density at radius 3 is 2.52 bits per heavy atom. The highest BCUT2D eigenvalue weighted by molar-refractivity contribution is 5.82. The van der Waals surface area contributed by atoms with E-state index in [9.17, 15) is 14.7 Å². The van der Waals surface area contributed by atoms with Gasteiger partial charge in [0, 0.05) is 6.42 Å². The van der Waals surface area contributed by atoms with E-state index in [1.54, 1.807) is 0 Å². The van der Waals surface area contributed by atoms with Crippen molar-refractivity contribution in [3.63, 3.8) is 0 Å². The second-order valence-electron chi connectivity index (χ2n) is 8.10. The van der Waals surface area contributed by atoms with Crippen molar-refractivity contribution >= 4 is 11.9 Å². The number of aliphatic hydroxyl groups excluding tert-OH is 1. The van der Waals surface area contributed by atoms with Gasteiger partial charge in [0.25, 0.3) is 0 Å². The minimum Gasteiger partial charge on any atom is -0.480 e. The molecule has 0 radical (unpaired) electrons. The van der Waals surface area contributed by atoms with Gasteiger partial charge in [-0.3, -0.25) is 9.59 Å². The minimum absolute atomic E-state index is 0.142. The number of carboxylic acids is 1. The summed E-state index contributed by atoms with van der Waals surface area (Å²) >= 11 is 0. The number of nitrogens with one attached hydrogen (secondary N) is 1. The summed E-state index contributed by atoms with van der Waals surface area (Å²) in [5, 5.41) is 22.6. The molecule has 3 fully saturated rings. The number of carbonyl (C=O) groups is 2. The van der Waals surface area contributed by atoms with Gasteiger partial charge in [-0.25, -0.2) is 0 Å². The molecule has 0 aliphatic carbocycles. The molecule has 0 saturated carbocycles. The van der Waals surface area contributed by atoms with Crippen LogP contribution in [0.3, 0.4) is 0 Å². The van der Waals surface area contributed by atoms with Gasteiger partial charge < -0.3 is 25.3 Å². The normalized spacial score (nSPS) is 28.4. The Hall–Kier alpha value is -1.18. The van der Waals surface area contributed by atoms with Crippen LogP contribution in [-0.2, 0) is 9.59 Å². The Bertz CT molecular complexity index is 485. The Morgan fingerprint density at radius 2 is 1.92 bits per heavy atom. The van der Waals surface area contributed by atoms with Crippen molar-refractivity contribution in [2.75, 3.05) is 39.3 Å². The third-order valence-corrected chi connectivity index (χ3v) is 6.36. The van der Waals surface area contributed by atoms with Crippen LogP contribution in [0, 0.1) is 11.3 Å². The van der Waals surface area contributed by atoms with E-state index in [1.807, 2.05) is 0 Å². The van der Waals surface area contributed by atoms with Crippen LogP contribution in [0.4, 0.5) is 0 Å². The molecule has 3 heterocycles. The summed E-state index contributed by atoms with van der Waals surface area (Å²) in [5.74, 6) is -0.458. The molecule has 3 saturated heterocycles. The van der Waals surface area contributed by atoms with Gasteiger partial charge in [-0.1, -0.05) is 0 Å². The summed E-state index contributed by atoms with van der Waals surface area (Å²) in [6.45, 7) is 4.95. The second kappa shape index (κ2) is 8.01. The van der Waals surface area contributed by atoms with Crippen molar-refractivity contribution in [1.29, 1.82) is 0 Å². The average molecular weight is 353 g/mol. The number of aliphatic carboxylic acids is 1. The van der Waals surface area contributed by atoms with E-state index in [1.165, 1.54) is 19.3 Å². The summed E-state index contributed by atoms with van der Waals surface area (Å²) in [4.78, 5) is 26.8. The zero-order chi connectivity index (χ0) is 17.9. The first-order valence-corrected chi connectivity index (χ1v) is 9.60. The number of nitrogens with zero attached hydrogens (tertiary/aromatic N) is 2. The van der Waals surface area contributed by atoms with Crippen LogP contribution in [-0.4, -0.2) is 77.4 Å². The van der Waals surface area contributed by atoms with Gasteiger partial charge in [-0.15, -0.1) is 0 Å². The lowest BCUT2D eigenvalue weighted by atomic mass is 9.70. The van der Waals surface area contributed by atoms with Crippen molar-refractivity contribution in [2.45, 2.75) is 51.2 Å². The SMILES string of the molecule is O=C(O)CN1C(=O)CC2(CCN(CCC3CCNCC3)CC2)CC1O. The molecule has 0 aromatic heterocycles. The molecule has 3 aliphatic rings. The fraction of sp³-hybridized carbons (Fsp3) is 0.889. The monoisotopic (exact) mass is 353 g/mol. The first-order valence-electron chi connectivity index (χ1n) is 9.60. The van der Waals surface area contributed by atoms with Gasteiger partial charge in [0.05, 0.1) is 0 Å². The number of carboxylic acid groups (broad SMARTS) is 1. The number of hydrogen-bond donors (Lipinski definition) is 3. The zero-order valence-electron chi connectivity index (χ0n) is 15.0. The molecular formula is C18H31N3O4. The molecule has 25 heavy (non-hydrogen) atoms. The van der Waals surface area contributed by atoms with E-state index in [0.29, 0.717) is 12.8 Å². The fourth-order valence-corrected chi connectivity index (χ4v) is 4.66. The summed E-state index contributed by atoms with van der Waals surface area (Å²) in [7, 11) is 0. The third kappa shape index (κ3) is 4.71. The van der Waals surface area contributed by atoms with Gasteiger partial charge in [-0.2, -0.15) is 0 Å². The molecule has 1 unspecified atom stereocenters. The van der Waals surface area contributed by atoms with E-state index in [0.717, 1.165) is 56.4 Å². The quantitative estimate of drug-likeness (QED) is 0.666. The average Bonchev–Trinajstić information content (AvgIpc) is 2.59. The van der Waals surface area contributed by atoms with Gasteiger partial charge in [-0.05, 0) is 82.6 Å². The molecule has 3 rings (SSSR count). The Labute approximate surface area is 149 Å². The maximum Gasteiger partial charge on any atom is 0.323 e. The highest BCUT2D eigenvalue weighted by Crippen LogP contribution is 2.43. The Balaban J connectivity index is 1.46. The molecule has 0 aromatic carbocycles. The Kier molecular flexibility index (Phi) is 5.96. The van der Waals surface area contributed by atoms with Crippen LogP contribution < -0.4 is 5.32 Å². The lowest BCUT2D eigenvalue weighted by Crippen LogP contribution is -2.55. The van der Waals surface area contributed by atoms with E-state index >= 15 is 0 Å². The fourth-order valence-electron chi connectivity index (χ4n) is 4.66. The molecule has 1 spiro atoms. The molecule has 0 bridgehead atoms. The van der Waals surface area contributed by atoms with E-state index in [2.05, 4.69) is 10.2 Å². The first-order chi connectivity index (χ1) is 12.0. The molecular weight excluding hydrogens is 322 g/mol. The maximum absolute atomic E-state index is 12.3. The molecule has 3 aliphatic heterocycles. The van der Waals surface area contributed by atoms with Crippen molar-refractivity contribution < 1.29 is 19.8 Å². The summed E-state index contributed by atoms with van der Waals surface area (Å²) < 4.78 is 0. The molecule has 7 heteroatoms. The lowest BCUT2D eigenvalue weighted by Gasteiger charge is -2.48. The van der Waals surface area contributed by atoms with Crippen molar-refractivity contribution in [3.05, 3.63) is 0 Å². The Morgan fingerprint density at radius 1 is 1.24 bits per heavy atom. The number of rotatable bonds is 5. The number of likely N-dealkylation sites (tertiary alicyclic amines) is 2. The van der Waals surface area contributed by atoms with Crippen molar-refractivity contribution in [1.82, 2.24) is 15.1 Å². The summed E-state index contributed by atoms with van der Waals surface area (Å²) in [6.07, 6.45) is 5.57. The lowest BCUT2D eigenvalue weighted by molar-refractivity contribution is -0.166. The van der Waals surface area contributed by atoms with Crippen molar-refractivity contribution in [3.8, 4) is 0 Å². The van der Waals surface area contributed by atoms with Crippen molar-refractivity contribution in [2.24, 2.45) is 11.3 Å². The summed E-state index contributed by atoms with van der Waals surface area (Å²) in [6, 6.07) is 0. The van der Waals surface area contributed by atoms with Gasteiger partial charge >= 0.3 is 5.97 Å². The van der Waals surface area contributed by atoms with E-state index in [4.69, 9.17) is 5.11 Å². The van der Waals surface area contributed by atoms with E-state index in [-0.39, 0.29) is 11.3 Å². The van der Waals surface area contributed by atoms with Gasteiger partial charge in [0.1, 0.15) is 12.8 Å². The molecule has 1 atom stereocenters. The third-order valence-electron chi connectivity index (χ3n) is 6.36. The second-order valence-corrected chi connectivity index (χ2v) is 8.10. The molecule has 142 valence electrons. The van der Waals surface area contributed by atoms with Crippen LogP contribution >= 0.6 is 0 Å². The topological polar surface area (TPSA) is 93.1 Å². The molecule has 0 aromatic rings. The van der Waals surface area contributed by atoms with Gasteiger partial charge in [0.2, 0.25) is 5.91 Å². The predicted molar refractivity (Wildman–Crippen MR) is 92.9 cm³/mol. The number of aliphatic hydroxyl groups is 1. The summed E-state index contributed by atoms with van der Waals surface area (Å²) in [5.41, 5.74) is -0.142. The zero-order valence-corrected chi connectivity index (χ0v) is 15.0. The van der Waals surface area contributed by atoms with Crippen LogP contribution in [0.25, 0.3) is 0 Å². The first kappa shape index (κ1) is 18.6. The number of hydrogen-bond acceptors (Lipinski definition) is 5. The van der Waals surface area contributed by atoms with Crippen LogP contribution in [0.5, 0.6) is 0 Å². The standard InChI is InChI=1S/C18H31N3O4/c22-15-11-18(12-16(23)21(15)13-17(24)25)4-9-20(10-5-18)8-3-14-1-6-19-7-2-14/h14-15,19,22H,1-13H2,(H,24,25). The predicted octanol–water partition coefficient (Wildman–Crippen LogP) is 0.484. The van der Waals surface area contributed by atoms with Gasteiger partial charge in [0.15, 0.2) is 0 Å². The molecule has 3 N–H and O–H groups in total.